The van der Waals surface area contributed by atoms with Gasteiger partial charge in [-0.1, -0.05) is 17.7 Å². The molecule has 0 aliphatic carbocycles. The summed E-state index contributed by atoms with van der Waals surface area (Å²) in [5.74, 6) is 0. The standard InChI is InChI=1S/C15H26N2O5S2/c1-13-6-7-15(14(2)12-13)24(20,21)16-8-10-17(23(4,18)19)9-5-11-22-3/h6-7,12,16H,5,8-11H2,1-4H3. The molecule has 0 spiro atoms. The van der Waals surface area contributed by atoms with E-state index in [1.165, 1.54) is 4.31 Å². The summed E-state index contributed by atoms with van der Waals surface area (Å²) in [6.45, 7) is 4.44. The highest BCUT2D eigenvalue weighted by atomic mass is 32.2. The summed E-state index contributed by atoms with van der Waals surface area (Å²) in [5, 5.41) is 0. The molecule has 0 fully saturated rings. The lowest BCUT2D eigenvalue weighted by molar-refractivity contribution is 0.187. The van der Waals surface area contributed by atoms with Crippen molar-refractivity contribution in [3.8, 4) is 0 Å². The maximum Gasteiger partial charge on any atom is 0.240 e. The van der Waals surface area contributed by atoms with Gasteiger partial charge in [-0.05, 0) is 31.9 Å². The van der Waals surface area contributed by atoms with Crippen LogP contribution in [0.1, 0.15) is 17.5 Å². The zero-order chi connectivity index (χ0) is 18.4. The highest BCUT2D eigenvalue weighted by Crippen LogP contribution is 2.16. The number of hydrogen-bond donors (Lipinski definition) is 1. The van der Waals surface area contributed by atoms with Gasteiger partial charge in [-0.15, -0.1) is 0 Å². The molecule has 0 aromatic heterocycles. The molecule has 0 aliphatic rings. The third kappa shape index (κ3) is 6.48. The van der Waals surface area contributed by atoms with Gasteiger partial charge >= 0.3 is 0 Å². The Morgan fingerprint density at radius 1 is 1.12 bits per heavy atom. The Labute approximate surface area is 145 Å². The van der Waals surface area contributed by atoms with Crippen molar-refractivity contribution in [1.82, 2.24) is 9.03 Å². The number of nitrogens with one attached hydrogen (secondary N) is 1. The van der Waals surface area contributed by atoms with Crippen LogP contribution in [0.4, 0.5) is 0 Å². The maximum absolute atomic E-state index is 12.4. The molecule has 7 nitrogen and oxygen atoms in total. The molecule has 0 heterocycles. The molecular formula is C15H26N2O5S2. The zero-order valence-electron chi connectivity index (χ0n) is 14.6. The second-order valence-corrected chi connectivity index (χ2v) is 9.39. The highest BCUT2D eigenvalue weighted by molar-refractivity contribution is 7.89. The van der Waals surface area contributed by atoms with Gasteiger partial charge in [0.15, 0.2) is 0 Å². The minimum atomic E-state index is -3.67. The largest absolute Gasteiger partial charge is 0.385 e. The van der Waals surface area contributed by atoms with Crippen molar-refractivity contribution in [2.24, 2.45) is 0 Å². The first-order chi connectivity index (χ1) is 11.1. The van der Waals surface area contributed by atoms with E-state index in [0.717, 1.165) is 11.8 Å². The van der Waals surface area contributed by atoms with Crippen LogP contribution >= 0.6 is 0 Å². The van der Waals surface area contributed by atoms with Crippen LogP contribution in [0, 0.1) is 13.8 Å². The Bertz CT molecular complexity index is 745. The fourth-order valence-electron chi connectivity index (χ4n) is 2.31. The lowest BCUT2D eigenvalue weighted by Crippen LogP contribution is -2.39. The molecule has 0 amide bonds. The number of methoxy groups -OCH3 is 1. The van der Waals surface area contributed by atoms with E-state index in [1.54, 1.807) is 32.2 Å². The number of rotatable bonds is 10. The van der Waals surface area contributed by atoms with Gasteiger partial charge in [0.25, 0.3) is 0 Å². The first-order valence-electron chi connectivity index (χ1n) is 7.59. The van der Waals surface area contributed by atoms with E-state index in [-0.39, 0.29) is 24.5 Å². The quantitative estimate of drug-likeness (QED) is 0.610. The summed E-state index contributed by atoms with van der Waals surface area (Å²) in [7, 11) is -5.52. The second-order valence-electron chi connectivity index (χ2n) is 5.68. The molecule has 0 radical (unpaired) electrons. The fraction of sp³-hybridized carbons (Fsp3) is 0.600. The monoisotopic (exact) mass is 378 g/mol. The number of hydrogen-bond acceptors (Lipinski definition) is 5. The molecule has 1 rings (SSSR count). The molecule has 1 aromatic rings. The minimum Gasteiger partial charge on any atom is -0.385 e. The number of aryl methyl sites for hydroxylation is 2. The molecule has 0 atom stereocenters. The first kappa shape index (κ1) is 21.0. The van der Waals surface area contributed by atoms with Gasteiger partial charge in [-0.25, -0.2) is 25.9 Å². The number of ether oxygens (including phenoxy) is 1. The first-order valence-corrected chi connectivity index (χ1v) is 10.9. The normalized spacial score (nSPS) is 12.7. The Morgan fingerprint density at radius 2 is 1.79 bits per heavy atom. The van der Waals surface area contributed by atoms with Crippen LogP contribution in [0.15, 0.2) is 23.1 Å². The van der Waals surface area contributed by atoms with E-state index in [0.29, 0.717) is 18.6 Å². The molecule has 9 heteroatoms. The highest BCUT2D eigenvalue weighted by Gasteiger charge is 2.19. The van der Waals surface area contributed by atoms with E-state index < -0.39 is 20.0 Å². The molecule has 1 aromatic carbocycles. The number of benzene rings is 1. The van der Waals surface area contributed by atoms with Gasteiger partial charge < -0.3 is 4.74 Å². The molecule has 0 saturated heterocycles. The summed E-state index contributed by atoms with van der Waals surface area (Å²) in [6.07, 6.45) is 1.66. The van der Waals surface area contributed by atoms with Crippen molar-refractivity contribution in [2.75, 3.05) is 39.6 Å². The van der Waals surface area contributed by atoms with Gasteiger partial charge in [0, 0.05) is 33.4 Å². The van der Waals surface area contributed by atoms with Crippen LogP contribution in [-0.4, -0.2) is 60.7 Å². The Kier molecular flexibility index (Phi) is 7.81. The number of nitrogens with zero attached hydrogens (tertiary/aromatic N) is 1. The third-order valence-corrected chi connectivity index (χ3v) is 6.42. The Morgan fingerprint density at radius 3 is 2.33 bits per heavy atom. The molecule has 0 aliphatic heterocycles. The SMILES string of the molecule is COCCCN(CCNS(=O)(=O)c1ccc(C)cc1C)S(C)(=O)=O. The summed E-state index contributed by atoms with van der Waals surface area (Å²) in [4.78, 5) is 0.207. The van der Waals surface area contributed by atoms with Crippen LogP contribution in [0.25, 0.3) is 0 Å². The van der Waals surface area contributed by atoms with Gasteiger partial charge in [0.1, 0.15) is 0 Å². The van der Waals surface area contributed by atoms with Crippen LogP contribution in [0.3, 0.4) is 0 Å². The molecular weight excluding hydrogens is 352 g/mol. The summed E-state index contributed by atoms with van der Waals surface area (Å²) in [6, 6.07) is 5.08. The fourth-order valence-corrected chi connectivity index (χ4v) is 4.44. The van der Waals surface area contributed by atoms with Crippen molar-refractivity contribution in [2.45, 2.75) is 25.2 Å². The van der Waals surface area contributed by atoms with Crippen molar-refractivity contribution in [3.63, 3.8) is 0 Å². The molecule has 24 heavy (non-hydrogen) atoms. The van der Waals surface area contributed by atoms with Crippen molar-refractivity contribution < 1.29 is 21.6 Å². The van der Waals surface area contributed by atoms with Gasteiger partial charge in [0.05, 0.1) is 11.2 Å². The van der Waals surface area contributed by atoms with E-state index in [9.17, 15) is 16.8 Å². The zero-order valence-corrected chi connectivity index (χ0v) is 16.2. The van der Waals surface area contributed by atoms with Gasteiger partial charge in [-0.3, -0.25) is 0 Å². The second kappa shape index (κ2) is 8.91. The summed E-state index contributed by atoms with van der Waals surface area (Å²) < 4.78 is 56.8. The lowest BCUT2D eigenvalue weighted by atomic mass is 10.2. The predicted octanol–water partition coefficient (Wildman–Crippen LogP) is 0.880. The third-order valence-electron chi connectivity index (χ3n) is 3.50. The maximum atomic E-state index is 12.4. The average Bonchev–Trinajstić information content (AvgIpc) is 2.44. The van der Waals surface area contributed by atoms with E-state index >= 15 is 0 Å². The van der Waals surface area contributed by atoms with Crippen LogP contribution < -0.4 is 4.72 Å². The van der Waals surface area contributed by atoms with Gasteiger partial charge in [-0.2, -0.15) is 0 Å². The van der Waals surface area contributed by atoms with E-state index in [1.807, 2.05) is 6.92 Å². The van der Waals surface area contributed by atoms with E-state index in [4.69, 9.17) is 4.74 Å². The van der Waals surface area contributed by atoms with Crippen LogP contribution in [0.5, 0.6) is 0 Å². The molecule has 0 bridgehead atoms. The minimum absolute atomic E-state index is 0.00962. The number of sulfonamides is 2. The van der Waals surface area contributed by atoms with Crippen LogP contribution in [0.2, 0.25) is 0 Å². The predicted molar refractivity (Wildman–Crippen MR) is 94.0 cm³/mol. The van der Waals surface area contributed by atoms with Gasteiger partial charge in [0.2, 0.25) is 20.0 Å². The van der Waals surface area contributed by atoms with E-state index in [2.05, 4.69) is 4.72 Å². The lowest BCUT2D eigenvalue weighted by Gasteiger charge is -2.20. The topological polar surface area (TPSA) is 92.8 Å². The van der Waals surface area contributed by atoms with Crippen molar-refractivity contribution in [1.29, 1.82) is 0 Å². The molecule has 1 N–H and O–H groups in total. The Balaban J connectivity index is 2.72. The summed E-state index contributed by atoms with van der Waals surface area (Å²) in [5.41, 5.74) is 1.63. The molecule has 0 saturated carbocycles. The molecule has 0 unspecified atom stereocenters. The van der Waals surface area contributed by atoms with Crippen molar-refractivity contribution in [3.05, 3.63) is 29.3 Å². The molecule has 138 valence electrons. The average molecular weight is 379 g/mol. The van der Waals surface area contributed by atoms with Crippen molar-refractivity contribution >= 4 is 20.0 Å². The van der Waals surface area contributed by atoms with Crippen LogP contribution in [-0.2, 0) is 24.8 Å². The summed E-state index contributed by atoms with van der Waals surface area (Å²) >= 11 is 0. The Hall–Kier alpha value is -1.00. The smallest absolute Gasteiger partial charge is 0.240 e.